The van der Waals surface area contributed by atoms with Gasteiger partial charge in [0, 0.05) is 25.2 Å². The number of hydrogen-bond acceptors (Lipinski definition) is 4. The van der Waals surface area contributed by atoms with Crippen LogP contribution in [0, 0.1) is 5.82 Å². The Morgan fingerprint density at radius 1 is 1.17 bits per heavy atom. The number of nitrogens with zero attached hydrogens (tertiary/aromatic N) is 2. The number of amides is 1. The molecule has 0 saturated carbocycles. The highest BCUT2D eigenvalue weighted by Gasteiger charge is 2.37. The van der Waals surface area contributed by atoms with Gasteiger partial charge in [-0.1, -0.05) is 12.1 Å². The molecule has 0 aliphatic carbocycles. The summed E-state index contributed by atoms with van der Waals surface area (Å²) in [6, 6.07) is 12.5. The second-order valence-corrected chi connectivity index (χ2v) is 8.02. The Hall–Kier alpha value is -2.44. The van der Waals surface area contributed by atoms with E-state index in [1.807, 2.05) is 36.1 Å². The maximum absolute atomic E-state index is 14.5. The molecule has 2 atom stereocenters. The number of rotatable bonds is 5. The highest BCUT2D eigenvalue weighted by atomic mass is 19.1. The fourth-order valence-electron chi connectivity index (χ4n) is 4.38. The number of benzene rings is 2. The quantitative estimate of drug-likeness (QED) is 0.840. The third kappa shape index (κ3) is 4.28. The van der Waals surface area contributed by atoms with E-state index in [0.29, 0.717) is 30.6 Å². The van der Waals surface area contributed by atoms with Gasteiger partial charge >= 0.3 is 0 Å². The summed E-state index contributed by atoms with van der Waals surface area (Å²) in [6.07, 6.45) is 3.07. The number of nitrogens with two attached hydrogens (primary N) is 1. The van der Waals surface area contributed by atoms with Crippen LogP contribution in [-0.2, 0) is 6.42 Å². The van der Waals surface area contributed by atoms with Crippen molar-refractivity contribution in [3.63, 3.8) is 0 Å². The van der Waals surface area contributed by atoms with Crippen molar-refractivity contribution in [1.82, 2.24) is 9.80 Å². The maximum Gasteiger partial charge on any atom is 0.257 e. The molecule has 4 rings (SSSR count). The minimum absolute atomic E-state index is 0.0657. The largest absolute Gasteiger partial charge is 0.457 e. The van der Waals surface area contributed by atoms with Crippen LogP contribution in [0.1, 0.15) is 35.7 Å². The first-order valence-electron chi connectivity index (χ1n) is 10.4. The van der Waals surface area contributed by atoms with Gasteiger partial charge in [-0.3, -0.25) is 9.69 Å². The summed E-state index contributed by atoms with van der Waals surface area (Å²) < 4.78 is 20.4. The van der Waals surface area contributed by atoms with E-state index < -0.39 is 5.82 Å². The first kappa shape index (κ1) is 19.9. The average molecular weight is 397 g/mol. The van der Waals surface area contributed by atoms with E-state index in [4.69, 9.17) is 10.5 Å². The minimum atomic E-state index is -0.512. The van der Waals surface area contributed by atoms with Crippen LogP contribution in [0.3, 0.4) is 0 Å². The maximum atomic E-state index is 14.5. The van der Waals surface area contributed by atoms with Gasteiger partial charge in [-0.2, -0.15) is 0 Å². The molecule has 0 aromatic heterocycles. The summed E-state index contributed by atoms with van der Waals surface area (Å²) in [7, 11) is 0. The van der Waals surface area contributed by atoms with Crippen molar-refractivity contribution in [1.29, 1.82) is 0 Å². The zero-order valence-electron chi connectivity index (χ0n) is 16.8. The SMILES string of the molecule is C[C@@H]1CN2CCC[C@H]2CN1C(=O)c1cc(Oc2ccc(CCN)cc2)ccc1F. The smallest absolute Gasteiger partial charge is 0.257 e. The number of ether oxygens (including phenoxy) is 1. The summed E-state index contributed by atoms with van der Waals surface area (Å²) in [5, 5.41) is 0. The molecular formula is C23H28FN3O2. The first-order chi connectivity index (χ1) is 14.0. The zero-order chi connectivity index (χ0) is 20.4. The van der Waals surface area contributed by atoms with Gasteiger partial charge in [0.25, 0.3) is 5.91 Å². The summed E-state index contributed by atoms with van der Waals surface area (Å²) >= 11 is 0. The van der Waals surface area contributed by atoms with Gasteiger partial charge in [0.1, 0.15) is 17.3 Å². The van der Waals surface area contributed by atoms with Gasteiger partial charge in [0.15, 0.2) is 0 Å². The van der Waals surface area contributed by atoms with Crippen molar-refractivity contribution < 1.29 is 13.9 Å². The lowest BCUT2D eigenvalue weighted by molar-refractivity contribution is 0.0391. The second kappa shape index (κ2) is 8.51. The van der Waals surface area contributed by atoms with E-state index in [9.17, 15) is 9.18 Å². The van der Waals surface area contributed by atoms with Crippen molar-refractivity contribution in [3.8, 4) is 11.5 Å². The molecule has 5 nitrogen and oxygen atoms in total. The van der Waals surface area contributed by atoms with Crippen LogP contribution in [-0.4, -0.2) is 54.0 Å². The van der Waals surface area contributed by atoms with Crippen LogP contribution < -0.4 is 10.5 Å². The van der Waals surface area contributed by atoms with Crippen LogP contribution in [0.2, 0.25) is 0 Å². The first-order valence-corrected chi connectivity index (χ1v) is 10.4. The molecule has 2 aromatic rings. The van der Waals surface area contributed by atoms with E-state index in [2.05, 4.69) is 4.90 Å². The van der Waals surface area contributed by atoms with Crippen LogP contribution in [0.4, 0.5) is 4.39 Å². The molecule has 0 spiro atoms. The Morgan fingerprint density at radius 3 is 2.69 bits per heavy atom. The monoisotopic (exact) mass is 397 g/mol. The van der Waals surface area contributed by atoms with E-state index in [1.54, 1.807) is 6.07 Å². The molecular weight excluding hydrogens is 369 g/mol. The van der Waals surface area contributed by atoms with Crippen molar-refractivity contribution in [2.45, 2.75) is 38.3 Å². The number of halogens is 1. The standard InChI is InChI=1S/C23H28FN3O2/c1-16-14-26-12-2-3-18(26)15-27(16)23(28)21-13-20(8-9-22(21)24)29-19-6-4-17(5-7-19)10-11-25/h4-9,13,16,18H,2-3,10-12,14-15,25H2,1H3/t16-,18+/m1/s1. The summed E-state index contributed by atoms with van der Waals surface area (Å²) in [5.74, 6) is 0.323. The molecule has 2 saturated heterocycles. The number of carbonyl (C=O) groups excluding carboxylic acids is 1. The average Bonchev–Trinajstić information content (AvgIpc) is 3.17. The van der Waals surface area contributed by atoms with Crippen molar-refractivity contribution in [3.05, 3.63) is 59.4 Å². The van der Waals surface area contributed by atoms with Gasteiger partial charge in [0.05, 0.1) is 5.56 Å². The van der Waals surface area contributed by atoms with E-state index in [1.165, 1.54) is 18.6 Å². The molecule has 2 aromatic carbocycles. The number of hydrogen-bond donors (Lipinski definition) is 1. The fourth-order valence-corrected chi connectivity index (χ4v) is 4.38. The third-order valence-electron chi connectivity index (χ3n) is 5.96. The number of carbonyl (C=O) groups is 1. The zero-order valence-corrected chi connectivity index (χ0v) is 16.8. The fraction of sp³-hybridized carbons (Fsp3) is 0.435. The lowest BCUT2D eigenvalue weighted by atomic mass is 10.1. The van der Waals surface area contributed by atoms with Gasteiger partial charge in [-0.15, -0.1) is 0 Å². The number of piperazine rings is 1. The van der Waals surface area contributed by atoms with Crippen molar-refractivity contribution >= 4 is 5.91 Å². The van der Waals surface area contributed by atoms with Crippen LogP contribution in [0.25, 0.3) is 0 Å². The molecule has 0 unspecified atom stereocenters. The molecule has 154 valence electrons. The van der Waals surface area contributed by atoms with Gasteiger partial charge in [-0.05, 0) is 75.2 Å². The van der Waals surface area contributed by atoms with Crippen LogP contribution in [0.15, 0.2) is 42.5 Å². The summed E-state index contributed by atoms with van der Waals surface area (Å²) in [5.41, 5.74) is 6.78. The third-order valence-corrected chi connectivity index (χ3v) is 5.96. The molecule has 2 fully saturated rings. The van der Waals surface area contributed by atoms with Gasteiger partial charge in [-0.25, -0.2) is 4.39 Å². The minimum Gasteiger partial charge on any atom is -0.457 e. The summed E-state index contributed by atoms with van der Waals surface area (Å²) in [4.78, 5) is 17.4. The van der Waals surface area contributed by atoms with Crippen molar-refractivity contribution in [2.75, 3.05) is 26.2 Å². The lowest BCUT2D eigenvalue weighted by Crippen LogP contribution is -2.56. The predicted molar refractivity (Wildman–Crippen MR) is 111 cm³/mol. The van der Waals surface area contributed by atoms with Gasteiger partial charge in [0.2, 0.25) is 0 Å². The Kier molecular flexibility index (Phi) is 5.83. The molecule has 2 aliphatic heterocycles. The molecule has 29 heavy (non-hydrogen) atoms. The molecule has 2 N–H and O–H groups in total. The van der Waals surface area contributed by atoms with Crippen molar-refractivity contribution in [2.24, 2.45) is 5.73 Å². The van der Waals surface area contributed by atoms with E-state index >= 15 is 0 Å². The highest BCUT2D eigenvalue weighted by molar-refractivity contribution is 5.95. The second-order valence-electron chi connectivity index (χ2n) is 8.02. The Morgan fingerprint density at radius 2 is 1.93 bits per heavy atom. The van der Waals surface area contributed by atoms with E-state index in [-0.39, 0.29) is 17.5 Å². The highest BCUT2D eigenvalue weighted by Crippen LogP contribution is 2.28. The molecule has 0 bridgehead atoms. The normalized spacial score (nSPS) is 21.8. The Labute approximate surface area is 171 Å². The molecule has 0 radical (unpaired) electrons. The van der Waals surface area contributed by atoms with Gasteiger partial charge < -0.3 is 15.4 Å². The topological polar surface area (TPSA) is 58.8 Å². The summed E-state index contributed by atoms with van der Waals surface area (Å²) in [6.45, 7) is 5.24. The van der Waals surface area contributed by atoms with Crippen LogP contribution in [0.5, 0.6) is 11.5 Å². The lowest BCUT2D eigenvalue weighted by Gasteiger charge is -2.42. The Bertz CT molecular complexity index is 871. The van der Waals surface area contributed by atoms with E-state index in [0.717, 1.165) is 31.5 Å². The van der Waals surface area contributed by atoms with Crippen LogP contribution >= 0.6 is 0 Å². The molecule has 1 amide bonds. The molecule has 2 heterocycles. The Balaban J connectivity index is 1.51. The molecule has 6 heteroatoms. The molecule has 2 aliphatic rings. The predicted octanol–water partition coefficient (Wildman–Crippen LogP) is 3.43. The number of fused-ring (bicyclic) bond motifs is 1.